The average molecular weight is 390 g/mol. The van der Waals surface area contributed by atoms with Gasteiger partial charge in [0.2, 0.25) is 0 Å². The van der Waals surface area contributed by atoms with Gasteiger partial charge in [-0.2, -0.15) is 5.10 Å². The molecule has 0 radical (unpaired) electrons. The summed E-state index contributed by atoms with van der Waals surface area (Å²) in [5, 5.41) is 17.1. The largest absolute Gasteiger partial charge is 0.507 e. The predicted octanol–water partition coefficient (Wildman–Crippen LogP) is 3.37. The molecule has 1 saturated heterocycles. The Kier molecular flexibility index (Phi) is 5.07. The van der Waals surface area contributed by atoms with Crippen molar-refractivity contribution in [3.8, 4) is 17.0 Å². The van der Waals surface area contributed by atoms with Crippen molar-refractivity contribution in [3.05, 3.63) is 42.2 Å². The third-order valence-corrected chi connectivity index (χ3v) is 5.40. The molecule has 0 atom stereocenters. The normalized spacial score (nSPS) is 13.7. The minimum absolute atomic E-state index is 0.224. The molecule has 7 heteroatoms. The van der Waals surface area contributed by atoms with Gasteiger partial charge in [0.05, 0.1) is 23.1 Å². The van der Waals surface area contributed by atoms with Crippen molar-refractivity contribution in [2.24, 2.45) is 12.8 Å². The van der Waals surface area contributed by atoms with E-state index in [-0.39, 0.29) is 5.75 Å². The lowest BCUT2D eigenvalue weighted by Gasteiger charge is -2.17. The van der Waals surface area contributed by atoms with E-state index in [9.17, 15) is 5.11 Å². The van der Waals surface area contributed by atoms with Crippen molar-refractivity contribution >= 4 is 27.6 Å². The first kappa shape index (κ1) is 19.1. The molecule has 3 N–H and O–H groups in total. The van der Waals surface area contributed by atoms with Gasteiger partial charge in [0, 0.05) is 48.2 Å². The molecule has 4 aromatic rings. The van der Waals surface area contributed by atoms with Crippen LogP contribution in [0.4, 0.5) is 5.69 Å². The van der Waals surface area contributed by atoms with Crippen molar-refractivity contribution in [3.63, 3.8) is 0 Å². The first-order chi connectivity index (χ1) is 14.1. The Morgan fingerprint density at radius 1 is 1.07 bits per heavy atom. The molecule has 1 fully saturated rings. The van der Waals surface area contributed by atoms with Crippen molar-refractivity contribution in [1.82, 2.24) is 19.7 Å². The number of pyridine rings is 2. The molecule has 7 nitrogen and oxygen atoms in total. The van der Waals surface area contributed by atoms with Gasteiger partial charge < -0.3 is 15.7 Å². The highest BCUT2D eigenvalue weighted by molar-refractivity contribution is 5.91. The maximum Gasteiger partial charge on any atom is 0.159 e. The summed E-state index contributed by atoms with van der Waals surface area (Å²) in [4.78, 5) is 11.7. The molecular weight excluding hydrogens is 364 g/mol. The third kappa shape index (κ3) is 3.38. The van der Waals surface area contributed by atoms with Crippen LogP contribution in [0.15, 0.2) is 36.7 Å². The highest BCUT2D eigenvalue weighted by Crippen LogP contribution is 2.36. The molecule has 150 valence electrons. The second-order valence-electron chi connectivity index (χ2n) is 7.27. The Balaban J connectivity index is 0.000000994. The minimum atomic E-state index is 0.224. The number of aromatic nitrogens is 4. The average Bonchev–Trinajstić information content (AvgIpc) is 3.41. The van der Waals surface area contributed by atoms with E-state index in [1.807, 2.05) is 44.6 Å². The number of nitrogens with zero attached hydrogens (tertiary/aromatic N) is 5. The van der Waals surface area contributed by atoms with Gasteiger partial charge >= 0.3 is 0 Å². The van der Waals surface area contributed by atoms with E-state index < -0.39 is 0 Å². The number of phenols is 1. The molecule has 0 spiro atoms. The lowest BCUT2D eigenvalue weighted by Crippen LogP contribution is -2.17. The molecule has 0 saturated carbocycles. The van der Waals surface area contributed by atoms with Gasteiger partial charge in [-0.05, 0) is 51.1 Å². The first-order valence-electron chi connectivity index (χ1n) is 9.86. The maximum absolute atomic E-state index is 10.7. The lowest BCUT2D eigenvalue weighted by atomic mass is 10.0. The fourth-order valence-electron chi connectivity index (χ4n) is 3.93. The van der Waals surface area contributed by atoms with Crippen LogP contribution in [-0.4, -0.2) is 45.0 Å². The maximum atomic E-state index is 10.7. The number of aryl methyl sites for hydroxylation is 2. The SMILES string of the molecule is CN.Cc1c(O)c(-c2ccc3cc(N4CCCC4)cnc3n2)cc2cn(C)nc12. The predicted molar refractivity (Wildman–Crippen MR) is 117 cm³/mol. The zero-order valence-electron chi connectivity index (χ0n) is 17.1. The number of aromatic hydroxyl groups is 1. The number of fused-ring (bicyclic) bond motifs is 2. The topological polar surface area (TPSA) is 93.1 Å². The van der Waals surface area contributed by atoms with Crippen LogP contribution in [0.1, 0.15) is 18.4 Å². The van der Waals surface area contributed by atoms with Crippen LogP contribution in [-0.2, 0) is 7.05 Å². The second-order valence-corrected chi connectivity index (χ2v) is 7.27. The van der Waals surface area contributed by atoms with E-state index in [1.54, 1.807) is 4.68 Å². The van der Waals surface area contributed by atoms with E-state index in [0.29, 0.717) is 11.2 Å². The summed E-state index contributed by atoms with van der Waals surface area (Å²) in [6.07, 6.45) is 6.34. The Morgan fingerprint density at radius 2 is 1.83 bits per heavy atom. The monoisotopic (exact) mass is 390 g/mol. The zero-order valence-corrected chi connectivity index (χ0v) is 17.1. The summed E-state index contributed by atoms with van der Waals surface area (Å²) in [5.74, 6) is 0.224. The summed E-state index contributed by atoms with van der Waals surface area (Å²) in [5.41, 5.74) is 9.36. The third-order valence-electron chi connectivity index (χ3n) is 5.40. The van der Waals surface area contributed by atoms with E-state index in [4.69, 9.17) is 4.98 Å². The summed E-state index contributed by atoms with van der Waals surface area (Å²) < 4.78 is 1.76. The molecule has 0 aliphatic carbocycles. The molecule has 1 aromatic carbocycles. The highest BCUT2D eigenvalue weighted by atomic mass is 16.3. The Morgan fingerprint density at radius 3 is 2.59 bits per heavy atom. The van der Waals surface area contributed by atoms with Crippen LogP contribution in [0.25, 0.3) is 33.2 Å². The summed E-state index contributed by atoms with van der Waals surface area (Å²) in [6, 6.07) is 8.08. The van der Waals surface area contributed by atoms with Crippen molar-refractivity contribution in [2.75, 3.05) is 25.0 Å². The van der Waals surface area contributed by atoms with Gasteiger partial charge in [0.25, 0.3) is 0 Å². The van der Waals surface area contributed by atoms with Crippen LogP contribution >= 0.6 is 0 Å². The Bertz CT molecular complexity index is 1180. The van der Waals surface area contributed by atoms with Crippen LogP contribution in [0.5, 0.6) is 5.75 Å². The molecular formula is C22H26N6O. The molecule has 1 aliphatic rings. The second kappa shape index (κ2) is 7.67. The fraction of sp³-hybridized carbons (Fsp3) is 0.318. The van der Waals surface area contributed by atoms with E-state index >= 15 is 0 Å². The molecule has 4 heterocycles. The number of benzene rings is 1. The van der Waals surface area contributed by atoms with Crippen molar-refractivity contribution in [1.29, 1.82) is 0 Å². The van der Waals surface area contributed by atoms with Crippen molar-refractivity contribution < 1.29 is 5.11 Å². The van der Waals surface area contributed by atoms with Gasteiger partial charge in [-0.25, -0.2) is 9.97 Å². The van der Waals surface area contributed by atoms with Gasteiger partial charge in [0.15, 0.2) is 5.65 Å². The highest BCUT2D eigenvalue weighted by Gasteiger charge is 2.16. The summed E-state index contributed by atoms with van der Waals surface area (Å²) in [6.45, 7) is 4.07. The smallest absolute Gasteiger partial charge is 0.159 e. The molecule has 5 rings (SSSR count). The molecule has 3 aromatic heterocycles. The van der Waals surface area contributed by atoms with Crippen LogP contribution < -0.4 is 10.6 Å². The number of hydrogen-bond donors (Lipinski definition) is 2. The molecule has 0 amide bonds. The molecule has 29 heavy (non-hydrogen) atoms. The molecule has 0 unspecified atom stereocenters. The summed E-state index contributed by atoms with van der Waals surface area (Å²) in [7, 11) is 3.38. The molecule has 0 bridgehead atoms. The van der Waals surface area contributed by atoms with Crippen LogP contribution in [0.3, 0.4) is 0 Å². The zero-order chi connectivity index (χ0) is 20.5. The fourth-order valence-corrected chi connectivity index (χ4v) is 3.93. The van der Waals surface area contributed by atoms with E-state index in [2.05, 4.69) is 26.8 Å². The minimum Gasteiger partial charge on any atom is -0.507 e. The van der Waals surface area contributed by atoms with Gasteiger partial charge in [-0.15, -0.1) is 0 Å². The quantitative estimate of drug-likeness (QED) is 0.545. The number of phenolic OH excluding ortho intramolecular Hbond substituents is 1. The van der Waals surface area contributed by atoms with Crippen LogP contribution in [0.2, 0.25) is 0 Å². The number of nitrogens with two attached hydrogens (primary N) is 1. The summed E-state index contributed by atoms with van der Waals surface area (Å²) >= 11 is 0. The lowest BCUT2D eigenvalue weighted by molar-refractivity contribution is 0.474. The number of hydrogen-bond acceptors (Lipinski definition) is 6. The molecule has 1 aliphatic heterocycles. The standard InChI is InChI=1S/C21H21N5O.CH5N/c1-13-19-15(12-25(2)24-19)10-17(20(13)27)18-6-5-14-9-16(11-22-21(14)23-18)26-7-3-4-8-26;1-2/h5-6,9-12,27H,3-4,7-8H2,1-2H3;2H2,1H3. The van der Waals surface area contributed by atoms with E-state index in [1.165, 1.54) is 19.9 Å². The van der Waals surface area contributed by atoms with Gasteiger partial charge in [-0.3, -0.25) is 4.68 Å². The first-order valence-corrected chi connectivity index (χ1v) is 9.86. The Labute approximate surface area is 169 Å². The van der Waals surface area contributed by atoms with E-state index in [0.717, 1.165) is 46.3 Å². The van der Waals surface area contributed by atoms with Gasteiger partial charge in [-0.1, -0.05) is 0 Å². The Hall–Kier alpha value is -3.19. The number of anilines is 1. The van der Waals surface area contributed by atoms with Gasteiger partial charge in [0.1, 0.15) is 5.75 Å². The van der Waals surface area contributed by atoms with Crippen LogP contribution in [0, 0.1) is 6.92 Å². The van der Waals surface area contributed by atoms with Crippen molar-refractivity contribution in [2.45, 2.75) is 19.8 Å². The number of rotatable bonds is 2.